The van der Waals surface area contributed by atoms with Crippen molar-refractivity contribution in [3.63, 3.8) is 0 Å². The quantitative estimate of drug-likeness (QED) is 0.472. The predicted molar refractivity (Wildman–Crippen MR) is 152 cm³/mol. The van der Waals surface area contributed by atoms with Crippen LogP contribution in [0, 0.1) is 34.5 Å². The zero-order valence-electron chi connectivity index (χ0n) is 24.8. The van der Waals surface area contributed by atoms with Gasteiger partial charge in [0.1, 0.15) is 35.4 Å². The first-order chi connectivity index (χ1) is 20.5. The second kappa shape index (κ2) is 9.89. The van der Waals surface area contributed by atoms with Crippen LogP contribution in [0.5, 0.6) is 5.75 Å². The lowest BCUT2D eigenvalue weighted by Crippen LogP contribution is -2.71. The summed E-state index contributed by atoms with van der Waals surface area (Å²) < 4.78 is 24.2. The summed E-state index contributed by atoms with van der Waals surface area (Å²) in [4.78, 5) is 43.1. The molecule has 10 nitrogen and oxygen atoms in total. The Kier molecular flexibility index (Phi) is 6.56. The summed E-state index contributed by atoms with van der Waals surface area (Å²) in [6.07, 6.45) is 4.89. The van der Waals surface area contributed by atoms with Crippen LogP contribution in [-0.2, 0) is 19.1 Å². The maximum absolute atomic E-state index is 13.4. The molecular weight excluding hydrogens is 554 g/mol. The van der Waals surface area contributed by atoms with Crippen LogP contribution in [-0.4, -0.2) is 51.6 Å². The van der Waals surface area contributed by atoms with Crippen LogP contribution in [0.25, 0.3) is 11.3 Å². The van der Waals surface area contributed by atoms with Gasteiger partial charge in [-0.05, 0) is 75.3 Å². The van der Waals surface area contributed by atoms with Crippen molar-refractivity contribution < 1.29 is 38.4 Å². The van der Waals surface area contributed by atoms with E-state index in [1.165, 1.54) is 0 Å². The average Bonchev–Trinajstić information content (AvgIpc) is 3.88. The molecule has 0 bridgehead atoms. The number of aromatic nitrogens is 1. The van der Waals surface area contributed by atoms with E-state index in [0.717, 1.165) is 25.7 Å². The number of ether oxygens (including phenoxy) is 3. The number of pyridine rings is 1. The largest absolute Gasteiger partial charge is 0.484 e. The number of fused-ring (bicyclic) bond motifs is 4. The summed E-state index contributed by atoms with van der Waals surface area (Å²) in [5.74, 6) is -1.26. The molecule has 2 aromatic heterocycles. The number of hydrogen-bond donors (Lipinski definition) is 2. The van der Waals surface area contributed by atoms with E-state index < -0.39 is 46.3 Å². The highest BCUT2D eigenvalue weighted by atomic mass is 16.6. The second-order valence-electron chi connectivity index (χ2n) is 14.1. The normalized spacial score (nSPS) is 38.1. The number of aliphatic hydroxyl groups is 2. The molecule has 3 heterocycles. The molecular formula is C33H39NO9. The number of rotatable bonds is 6. The second-order valence-corrected chi connectivity index (χ2v) is 14.1. The average molecular weight is 594 g/mol. The third-order valence-electron chi connectivity index (χ3n) is 11.2. The van der Waals surface area contributed by atoms with Gasteiger partial charge in [0.2, 0.25) is 0 Å². The predicted octanol–water partition coefficient (Wildman–Crippen LogP) is 3.96. The molecule has 5 aliphatic rings. The molecule has 0 saturated heterocycles. The smallest absolute Gasteiger partial charge is 0.345 e. The van der Waals surface area contributed by atoms with Crippen LogP contribution in [0.15, 0.2) is 39.8 Å². The van der Waals surface area contributed by atoms with Gasteiger partial charge in [-0.2, -0.15) is 0 Å². The van der Waals surface area contributed by atoms with Crippen LogP contribution < -0.4 is 10.4 Å². The van der Waals surface area contributed by atoms with E-state index in [1.54, 1.807) is 37.5 Å². The first kappa shape index (κ1) is 28.5. The molecule has 2 aromatic rings. The van der Waals surface area contributed by atoms with Crippen molar-refractivity contribution in [2.45, 2.75) is 89.6 Å². The van der Waals surface area contributed by atoms with E-state index in [9.17, 15) is 24.6 Å². The Labute approximate surface area is 249 Å². The van der Waals surface area contributed by atoms with Crippen molar-refractivity contribution in [3.05, 3.63) is 46.6 Å². The number of hydrogen-bond acceptors (Lipinski definition) is 10. The Morgan fingerprint density at radius 3 is 2.47 bits per heavy atom. The Morgan fingerprint density at radius 1 is 1.07 bits per heavy atom. The molecule has 0 aromatic carbocycles. The van der Waals surface area contributed by atoms with E-state index in [0.29, 0.717) is 18.4 Å². The minimum atomic E-state index is -1.29. The fraction of sp³-hybridized carbons (Fsp3) is 0.636. The van der Waals surface area contributed by atoms with Gasteiger partial charge in [-0.1, -0.05) is 13.8 Å². The fourth-order valence-electron chi connectivity index (χ4n) is 8.45. The van der Waals surface area contributed by atoms with Gasteiger partial charge >= 0.3 is 17.6 Å². The molecule has 1 unspecified atom stereocenters. The highest BCUT2D eigenvalue weighted by molar-refractivity contribution is 5.75. The summed E-state index contributed by atoms with van der Waals surface area (Å²) in [5.41, 5.74) is -2.85. The van der Waals surface area contributed by atoms with Crippen LogP contribution in [0.4, 0.5) is 0 Å². The van der Waals surface area contributed by atoms with E-state index in [2.05, 4.69) is 11.9 Å². The van der Waals surface area contributed by atoms with Crippen molar-refractivity contribution in [2.75, 3.05) is 6.61 Å². The maximum Gasteiger partial charge on any atom is 0.345 e. The monoisotopic (exact) mass is 593 g/mol. The number of nitrogens with zero attached hydrogens (tertiary/aromatic N) is 1. The van der Waals surface area contributed by atoms with Crippen molar-refractivity contribution in [1.82, 2.24) is 4.98 Å². The first-order valence-corrected chi connectivity index (χ1v) is 15.5. The topological polar surface area (TPSA) is 145 Å². The molecule has 10 heteroatoms. The van der Waals surface area contributed by atoms with Crippen LogP contribution in [0.1, 0.15) is 77.4 Å². The molecule has 0 spiro atoms. The van der Waals surface area contributed by atoms with Gasteiger partial charge in [-0.25, -0.2) is 4.79 Å². The number of aliphatic hydroxyl groups excluding tert-OH is 2. The highest BCUT2D eigenvalue weighted by Crippen LogP contribution is 2.67. The summed E-state index contributed by atoms with van der Waals surface area (Å²) in [7, 11) is 0. The molecule has 0 amide bonds. The van der Waals surface area contributed by atoms with Crippen LogP contribution >= 0.6 is 0 Å². The molecule has 4 saturated carbocycles. The van der Waals surface area contributed by atoms with E-state index in [-0.39, 0.29) is 59.8 Å². The minimum absolute atomic E-state index is 0.0216. The summed E-state index contributed by atoms with van der Waals surface area (Å²) >= 11 is 0. The lowest BCUT2D eigenvalue weighted by molar-refractivity contribution is -0.267. The fourth-order valence-corrected chi connectivity index (χ4v) is 8.45. The standard InChI is InChI=1S/C33H39NO9/c1-31-11-10-24(42-29(38)18-8-9-18)32(2,16-40-28(37)17-6-7-17)22(31)14-23(35)33(3)27(31)26(36)25-21(43-33)13-20(41-30(25)39)19-5-4-12-34-15-19/h4-5,12-13,15,17-18,22-24,26-27,35-36H,6-11,14,16H2,1-3H3/t22-,23?,24+,26+,27-,31+,32-,33-/m1/s1. The Bertz CT molecular complexity index is 1500. The molecule has 230 valence electrons. The molecule has 4 aliphatic carbocycles. The maximum atomic E-state index is 13.4. The van der Waals surface area contributed by atoms with E-state index >= 15 is 0 Å². The molecule has 7 rings (SSSR count). The lowest BCUT2D eigenvalue weighted by Gasteiger charge is -2.66. The lowest BCUT2D eigenvalue weighted by atomic mass is 9.42. The molecule has 43 heavy (non-hydrogen) atoms. The first-order valence-electron chi connectivity index (χ1n) is 15.5. The van der Waals surface area contributed by atoms with Gasteiger partial charge in [0.05, 0.1) is 24.0 Å². The minimum Gasteiger partial charge on any atom is -0.484 e. The van der Waals surface area contributed by atoms with Gasteiger partial charge in [0, 0.05) is 35.4 Å². The van der Waals surface area contributed by atoms with E-state index in [4.69, 9.17) is 18.6 Å². The Balaban J connectivity index is 1.27. The summed E-state index contributed by atoms with van der Waals surface area (Å²) in [6.45, 7) is 5.84. The zero-order chi connectivity index (χ0) is 30.3. The Hall–Kier alpha value is -3.24. The van der Waals surface area contributed by atoms with Crippen molar-refractivity contribution >= 4 is 11.9 Å². The van der Waals surface area contributed by atoms with Gasteiger partial charge < -0.3 is 28.8 Å². The number of esters is 2. The number of carbonyl (C=O) groups is 2. The van der Waals surface area contributed by atoms with Gasteiger partial charge in [0.25, 0.3) is 0 Å². The van der Waals surface area contributed by atoms with Crippen LogP contribution in [0.2, 0.25) is 0 Å². The van der Waals surface area contributed by atoms with E-state index in [1.807, 2.05) is 6.92 Å². The molecule has 1 aliphatic heterocycles. The number of carbonyl (C=O) groups excluding carboxylic acids is 2. The van der Waals surface area contributed by atoms with Gasteiger partial charge in [-0.3, -0.25) is 14.6 Å². The summed E-state index contributed by atoms with van der Waals surface area (Å²) in [5, 5.41) is 23.8. The van der Waals surface area contributed by atoms with Crippen molar-refractivity contribution in [1.29, 1.82) is 0 Å². The van der Waals surface area contributed by atoms with Gasteiger partial charge in [0.15, 0.2) is 0 Å². The molecule has 4 fully saturated rings. The molecule has 0 radical (unpaired) electrons. The van der Waals surface area contributed by atoms with Crippen LogP contribution in [0.3, 0.4) is 0 Å². The van der Waals surface area contributed by atoms with Crippen molar-refractivity contribution in [3.8, 4) is 17.1 Å². The third-order valence-corrected chi connectivity index (χ3v) is 11.2. The Morgan fingerprint density at radius 2 is 1.79 bits per heavy atom. The van der Waals surface area contributed by atoms with Gasteiger partial charge in [-0.15, -0.1) is 0 Å². The highest BCUT2D eigenvalue weighted by Gasteiger charge is 2.70. The molecule has 8 atom stereocenters. The third kappa shape index (κ3) is 4.51. The summed E-state index contributed by atoms with van der Waals surface area (Å²) in [6, 6.07) is 5.06. The molecule has 2 N–H and O–H groups in total. The zero-order valence-corrected chi connectivity index (χ0v) is 24.8. The SMILES string of the molecule is C[C@]12CC[C@H](OC(=O)C3CC3)[C@](C)(COC(=O)C3CC3)[C@@H]1CC(O)[C@@]1(C)Oc3cc(-c4cccnc4)oc(=O)c3[C@H](O)[C@H]21. The van der Waals surface area contributed by atoms with Crippen molar-refractivity contribution in [2.24, 2.45) is 34.5 Å².